The molecule has 13 aromatic carbocycles. The second kappa shape index (κ2) is 20.0. The monoisotopic (exact) mass is 997 g/mol. The molecule has 0 saturated heterocycles. The molecule has 0 saturated carbocycles. The normalized spacial score (nSPS) is 11.3. The summed E-state index contributed by atoms with van der Waals surface area (Å²) in [6, 6.07) is 111. The van der Waals surface area contributed by atoms with Crippen molar-refractivity contribution in [1.29, 1.82) is 0 Å². The number of para-hydroxylation sites is 4. The lowest BCUT2D eigenvalue weighted by atomic mass is 10.00. The van der Waals surface area contributed by atoms with Gasteiger partial charge in [0.2, 0.25) is 0 Å². The van der Waals surface area contributed by atoms with E-state index in [1.54, 1.807) is 0 Å². The van der Waals surface area contributed by atoms with Crippen LogP contribution in [0.1, 0.15) is 0 Å². The second-order valence-corrected chi connectivity index (χ2v) is 19.8. The van der Waals surface area contributed by atoms with Gasteiger partial charge in [-0.25, -0.2) is 0 Å². The van der Waals surface area contributed by atoms with Crippen molar-refractivity contribution in [3.8, 4) is 33.4 Å². The number of hydrogen-bond donors (Lipinski definition) is 0. The van der Waals surface area contributed by atoms with Crippen LogP contribution in [0.25, 0.3) is 76.9 Å². The molecule has 0 fully saturated rings. The molecule has 368 valence electrons. The standard InChI is InChI=1S/C74H51N3O/c1-6-18-52(19-7-1)55-30-32-59-46-66(41-36-57(59)44-55)76(63-24-12-4-13-25-63)69-49-68(50-70(51-69)77(64-26-14-5-15-27-64)67-42-37-58-45-56(31-33-60(58)47-67)53-20-8-2-9-21-53)75(62-22-10-3-11-23-62)65-39-34-54(35-40-65)61-38-43-74-72(48-61)71-28-16-17-29-73(71)78-74/h1-51H. The predicted octanol–water partition coefficient (Wildman–Crippen LogP) is 21.3. The van der Waals surface area contributed by atoms with Crippen LogP contribution < -0.4 is 14.7 Å². The second-order valence-electron chi connectivity index (χ2n) is 19.8. The number of hydrogen-bond acceptors (Lipinski definition) is 4. The molecule has 0 radical (unpaired) electrons. The van der Waals surface area contributed by atoms with E-state index in [1.165, 1.54) is 33.0 Å². The van der Waals surface area contributed by atoms with Gasteiger partial charge < -0.3 is 19.1 Å². The predicted molar refractivity (Wildman–Crippen MR) is 329 cm³/mol. The van der Waals surface area contributed by atoms with E-state index in [9.17, 15) is 0 Å². The van der Waals surface area contributed by atoms with Crippen LogP contribution in [0.15, 0.2) is 314 Å². The van der Waals surface area contributed by atoms with Crippen molar-refractivity contribution in [2.45, 2.75) is 0 Å². The lowest BCUT2D eigenvalue weighted by Crippen LogP contribution is -2.16. The molecule has 78 heavy (non-hydrogen) atoms. The highest BCUT2D eigenvalue weighted by Crippen LogP contribution is 2.47. The first-order valence-electron chi connectivity index (χ1n) is 26.5. The summed E-state index contributed by atoms with van der Waals surface area (Å²) in [5, 5.41) is 6.91. The number of benzene rings is 13. The summed E-state index contributed by atoms with van der Waals surface area (Å²) in [5.41, 5.74) is 18.1. The van der Waals surface area contributed by atoms with Gasteiger partial charge in [0.1, 0.15) is 11.2 Å². The summed E-state index contributed by atoms with van der Waals surface area (Å²) >= 11 is 0. The molecule has 0 bridgehead atoms. The Morgan fingerprint density at radius 3 is 0.987 bits per heavy atom. The molecule has 1 heterocycles. The number of nitrogens with zero attached hydrogens (tertiary/aromatic N) is 3. The van der Waals surface area contributed by atoms with Gasteiger partial charge in [-0.1, -0.05) is 188 Å². The smallest absolute Gasteiger partial charge is 0.135 e. The number of furan rings is 1. The van der Waals surface area contributed by atoms with E-state index in [-0.39, 0.29) is 0 Å². The van der Waals surface area contributed by atoms with E-state index in [2.05, 4.69) is 312 Å². The summed E-state index contributed by atoms with van der Waals surface area (Å²) in [5.74, 6) is 0. The molecule has 0 atom stereocenters. The quantitative estimate of drug-likeness (QED) is 0.122. The highest BCUT2D eigenvalue weighted by Gasteiger charge is 2.23. The van der Waals surface area contributed by atoms with Crippen molar-refractivity contribution in [1.82, 2.24) is 0 Å². The first kappa shape index (κ1) is 46.1. The zero-order valence-corrected chi connectivity index (χ0v) is 42.7. The maximum Gasteiger partial charge on any atom is 0.135 e. The van der Waals surface area contributed by atoms with E-state index in [1.807, 2.05) is 12.1 Å². The molecule has 0 spiro atoms. The van der Waals surface area contributed by atoms with Crippen LogP contribution in [0.5, 0.6) is 0 Å². The summed E-state index contributed by atoms with van der Waals surface area (Å²) in [7, 11) is 0. The molecular formula is C74H51N3O. The SMILES string of the molecule is c1ccc(-c2ccc3cc(N(c4ccccc4)c4cc(N(c5ccccc5)c5ccc(-c6ccc7oc8ccccc8c7c6)cc5)cc(N(c5ccccc5)c5ccc6cc(-c7ccccc7)ccc6c5)c4)ccc3c2)cc1. The van der Waals surface area contributed by atoms with Gasteiger partial charge in [0, 0.05) is 44.9 Å². The third-order valence-electron chi connectivity index (χ3n) is 14.9. The lowest BCUT2D eigenvalue weighted by Gasteiger charge is -2.33. The average molecular weight is 998 g/mol. The molecule has 4 heteroatoms. The van der Waals surface area contributed by atoms with Gasteiger partial charge in [0.25, 0.3) is 0 Å². The van der Waals surface area contributed by atoms with E-state index in [4.69, 9.17) is 4.42 Å². The third kappa shape index (κ3) is 8.87. The van der Waals surface area contributed by atoms with E-state index >= 15 is 0 Å². The van der Waals surface area contributed by atoms with E-state index < -0.39 is 0 Å². The van der Waals surface area contributed by atoms with E-state index in [0.717, 1.165) is 95.0 Å². The Bertz CT molecular complexity index is 4240. The van der Waals surface area contributed by atoms with Gasteiger partial charge in [0.05, 0.1) is 17.1 Å². The molecule has 0 N–H and O–H groups in total. The Kier molecular flexibility index (Phi) is 11.8. The zero-order chi connectivity index (χ0) is 51.8. The highest BCUT2D eigenvalue weighted by atomic mass is 16.3. The molecule has 0 amide bonds. The topological polar surface area (TPSA) is 22.9 Å². The fraction of sp³-hybridized carbons (Fsp3) is 0. The molecule has 14 aromatic rings. The maximum absolute atomic E-state index is 6.22. The Morgan fingerprint density at radius 1 is 0.179 bits per heavy atom. The summed E-state index contributed by atoms with van der Waals surface area (Å²) < 4.78 is 6.22. The minimum atomic E-state index is 0.887. The number of fused-ring (bicyclic) bond motifs is 5. The Hall–Kier alpha value is -10.4. The van der Waals surface area contributed by atoms with Gasteiger partial charge in [-0.05, 0) is 176 Å². The van der Waals surface area contributed by atoms with E-state index in [0.29, 0.717) is 0 Å². The number of anilines is 9. The summed E-state index contributed by atoms with van der Waals surface area (Å²) in [6.07, 6.45) is 0. The van der Waals surface area contributed by atoms with Gasteiger partial charge in [-0.15, -0.1) is 0 Å². The summed E-state index contributed by atoms with van der Waals surface area (Å²) in [4.78, 5) is 7.18. The van der Waals surface area contributed by atoms with Crippen LogP contribution in [0.4, 0.5) is 51.2 Å². The minimum absolute atomic E-state index is 0.887. The largest absolute Gasteiger partial charge is 0.456 e. The number of rotatable bonds is 12. The molecule has 14 rings (SSSR count). The van der Waals surface area contributed by atoms with Crippen molar-refractivity contribution in [3.63, 3.8) is 0 Å². The Labute approximate surface area is 454 Å². The van der Waals surface area contributed by atoms with Crippen molar-refractivity contribution < 1.29 is 4.42 Å². The van der Waals surface area contributed by atoms with Gasteiger partial charge in [-0.2, -0.15) is 0 Å². The Balaban J connectivity index is 0.961. The lowest BCUT2D eigenvalue weighted by molar-refractivity contribution is 0.669. The van der Waals surface area contributed by atoms with Gasteiger partial charge in [0.15, 0.2) is 0 Å². The first-order chi connectivity index (χ1) is 38.6. The summed E-state index contributed by atoms with van der Waals surface area (Å²) in [6.45, 7) is 0. The zero-order valence-electron chi connectivity index (χ0n) is 42.7. The van der Waals surface area contributed by atoms with Crippen molar-refractivity contribution in [3.05, 3.63) is 309 Å². The third-order valence-corrected chi connectivity index (χ3v) is 14.9. The van der Waals surface area contributed by atoms with Gasteiger partial charge in [-0.3, -0.25) is 0 Å². The van der Waals surface area contributed by atoms with Crippen LogP contribution in [0, 0.1) is 0 Å². The van der Waals surface area contributed by atoms with Crippen molar-refractivity contribution in [2.75, 3.05) is 14.7 Å². The van der Waals surface area contributed by atoms with Crippen molar-refractivity contribution in [2.24, 2.45) is 0 Å². The van der Waals surface area contributed by atoms with Crippen LogP contribution in [-0.4, -0.2) is 0 Å². The molecule has 1 aromatic heterocycles. The van der Waals surface area contributed by atoms with Crippen LogP contribution >= 0.6 is 0 Å². The van der Waals surface area contributed by atoms with Crippen molar-refractivity contribution >= 4 is 94.7 Å². The molecule has 0 aliphatic carbocycles. The van der Waals surface area contributed by atoms with Crippen LogP contribution in [0.2, 0.25) is 0 Å². The molecule has 0 aliphatic heterocycles. The molecule has 0 unspecified atom stereocenters. The van der Waals surface area contributed by atoms with Gasteiger partial charge >= 0.3 is 0 Å². The fourth-order valence-electron chi connectivity index (χ4n) is 11.1. The highest BCUT2D eigenvalue weighted by molar-refractivity contribution is 6.06. The first-order valence-corrected chi connectivity index (χ1v) is 26.5. The van der Waals surface area contributed by atoms with Crippen LogP contribution in [0.3, 0.4) is 0 Å². The Morgan fingerprint density at radius 2 is 0.500 bits per heavy atom. The maximum atomic E-state index is 6.22. The molecular weight excluding hydrogens is 947 g/mol. The molecule has 0 aliphatic rings. The van der Waals surface area contributed by atoms with Crippen LogP contribution in [-0.2, 0) is 0 Å². The molecule has 4 nitrogen and oxygen atoms in total. The minimum Gasteiger partial charge on any atom is -0.456 e. The average Bonchev–Trinajstić information content (AvgIpc) is 3.95. The fourth-order valence-corrected chi connectivity index (χ4v) is 11.1.